The molecule has 1 unspecified atom stereocenters. The van der Waals surface area contributed by atoms with Gasteiger partial charge >= 0.3 is 0 Å². The number of nitrogens with two attached hydrogens (primary N) is 1. The lowest BCUT2D eigenvalue weighted by Crippen LogP contribution is -2.55. The van der Waals surface area contributed by atoms with E-state index < -0.39 is 0 Å². The van der Waals surface area contributed by atoms with E-state index >= 15 is 0 Å². The van der Waals surface area contributed by atoms with Gasteiger partial charge in [0.1, 0.15) is 0 Å². The van der Waals surface area contributed by atoms with E-state index in [1.165, 1.54) is 0 Å². The second-order valence-electron chi connectivity index (χ2n) is 2.70. The molecule has 1 rings (SSSR count). The van der Waals surface area contributed by atoms with Crippen LogP contribution >= 0.6 is 0 Å². The van der Waals surface area contributed by atoms with Crippen molar-refractivity contribution in [1.29, 1.82) is 0 Å². The molecule has 6 heteroatoms. The molecular formula is C6H11N5O. The van der Waals surface area contributed by atoms with Crippen LogP contribution in [0.2, 0.25) is 0 Å². The van der Waals surface area contributed by atoms with Crippen molar-refractivity contribution in [1.82, 2.24) is 4.90 Å². The number of hydrogen-bond donors (Lipinski definition) is 1. The van der Waals surface area contributed by atoms with E-state index in [9.17, 15) is 4.79 Å². The van der Waals surface area contributed by atoms with Gasteiger partial charge in [-0.2, -0.15) is 0 Å². The molecular weight excluding hydrogens is 158 g/mol. The highest BCUT2D eigenvalue weighted by molar-refractivity contribution is 5.80. The van der Waals surface area contributed by atoms with Gasteiger partial charge in [-0.15, -0.1) is 0 Å². The Labute approximate surface area is 70.0 Å². The van der Waals surface area contributed by atoms with Crippen molar-refractivity contribution in [3.63, 3.8) is 0 Å². The molecule has 1 aliphatic rings. The summed E-state index contributed by atoms with van der Waals surface area (Å²) >= 11 is 0. The van der Waals surface area contributed by atoms with Crippen LogP contribution in [-0.2, 0) is 4.79 Å². The van der Waals surface area contributed by atoms with Crippen molar-refractivity contribution >= 4 is 5.91 Å². The minimum absolute atomic E-state index is 0.140. The summed E-state index contributed by atoms with van der Waals surface area (Å²) in [5, 5.41) is 3.37. The predicted octanol–water partition coefficient (Wildman–Crippen LogP) is -0.144. The summed E-state index contributed by atoms with van der Waals surface area (Å²) in [6, 6.07) is -0.140. The normalized spacial score (nSPS) is 22.5. The van der Waals surface area contributed by atoms with Crippen LogP contribution in [0.5, 0.6) is 0 Å². The summed E-state index contributed by atoms with van der Waals surface area (Å²) in [6.45, 7) is 1.90. The quantitative estimate of drug-likeness (QED) is 0.360. The SMILES string of the molecule is [N-]=[N+]=NCCN1CCC1C(N)=O. The van der Waals surface area contributed by atoms with Gasteiger partial charge < -0.3 is 5.73 Å². The van der Waals surface area contributed by atoms with Crippen molar-refractivity contribution in [2.75, 3.05) is 19.6 Å². The highest BCUT2D eigenvalue weighted by atomic mass is 16.1. The molecule has 6 nitrogen and oxygen atoms in total. The number of carbonyl (C=O) groups excluding carboxylic acids is 1. The third kappa shape index (κ3) is 1.87. The van der Waals surface area contributed by atoms with E-state index in [4.69, 9.17) is 11.3 Å². The summed E-state index contributed by atoms with van der Waals surface area (Å²) in [7, 11) is 0. The second kappa shape index (κ2) is 3.94. The van der Waals surface area contributed by atoms with E-state index in [0.717, 1.165) is 13.0 Å². The van der Waals surface area contributed by atoms with Gasteiger partial charge in [0.25, 0.3) is 0 Å². The van der Waals surface area contributed by atoms with Gasteiger partial charge in [-0.25, -0.2) is 0 Å². The first-order valence-corrected chi connectivity index (χ1v) is 3.80. The van der Waals surface area contributed by atoms with Crippen LogP contribution in [0.15, 0.2) is 5.11 Å². The zero-order valence-corrected chi connectivity index (χ0v) is 6.68. The fourth-order valence-corrected chi connectivity index (χ4v) is 1.25. The van der Waals surface area contributed by atoms with Crippen molar-refractivity contribution in [3.8, 4) is 0 Å². The molecule has 0 aromatic carbocycles. The molecule has 0 bridgehead atoms. The fourth-order valence-electron chi connectivity index (χ4n) is 1.25. The Bertz CT molecular complexity index is 222. The summed E-state index contributed by atoms with van der Waals surface area (Å²) in [5.74, 6) is -0.290. The van der Waals surface area contributed by atoms with Crippen molar-refractivity contribution in [3.05, 3.63) is 10.4 Å². The van der Waals surface area contributed by atoms with E-state index in [0.29, 0.717) is 13.1 Å². The summed E-state index contributed by atoms with van der Waals surface area (Å²) in [5.41, 5.74) is 13.1. The molecule has 1 heterocycles. The van der Waals surface area contributed by atoms with Gasteiger partial charge in [0.15, 0.2) is 0 Å². The van der Waals surface area contributed by atoms with Crippen molar-refractivity contribution < 1.29 is 4.79 Å². The number of rotatable bonds is 4. The molecule has 0 radical (unpaired) electrons. The first-order valence-electron chi connectivity index (χ1n) is 3.80. The summed E-state index contributed by atoms with van der Waals surface area (Å²) in [6.07, 6.45) is 0.825. The number of primary amides is 1. The smallest absolute Gasteiger partial charge is 0.234 e. The Morgan fingerprint density at radius 1 is 1.83 bits per heavy atom. The maximum Gasteiger partial charge on any atom is 0.234 e. The zero-order chi connectivity index (χ0) is 8.97. The molecule has 1 fully saturated rings. The molecule has 66 valence electrons. The average Bonchev–Trinajstić information content (AvgIpc) is 1.94. The maximum absolute atomic E-state index is 10.7. The van der Waals surface area contributed by atoms with Gasteiger partial charge in [0, 0.05) is 24.5 Å². The molecule has 1 atom stereocenters. The van der Waals surface area contributed by atoms with E-state index in [1.807, 2.05) is 4.90 Å². The zero-order valence-electron chi connectivity index (χ0n) is 6.68. The van der Waals surface area contributed by atoms with Crippen molar-refractivity contribution in [2.45, 2.75) is 12.5 Å². The molecule has 0 aromatic rings. The molecule has 1 amide bonds. The lowest BCUT2D eigenvalue weighted by Gasteiger charge is -2.38. The second-order valence-corrected chi connectivity index (χ2v) is 2.70. The number of hydrogen-bond acceptors (Lipinski definition) is 3. The first kappa shape index (κ1) is 8.83. The third-order valence-electron chi connectivity index (χ3n) is 2.01. The lowest BCUT2D eigenvalue weighted by atomic mass is 10.0. The van der Waals surface area contributed by atoms with Gasteiger partial charge in [-0.1, -0.05) is 5.11 Å². The molecule has 0 aliphatic carbocycles. The number of likely N-dealkylation sites (tertiary alicyclic amines) is 1. The molecule has 1 saturated heterocycles. The standard InChI is InChI=1S/C6H11N5O/c7-6(12)5-1-3-11(5)4-2-9-10-8/h5H,1-4H2,(H2,7,12). The van der Waals surface area contributed by atoms with Crippen LogP contribution in [0.25, 0.3) is 10.4 Å². The predicted molar refractivity (Wildman–Crippen MR) is 43.2 cm³/mol. The third-order valence-corrected chi connectivity index (χ3v) is 2.01. The van der Waals surface area contributed by atoms with Crippen LogP contribution in [0.1, 0.15) is 6.42 Å². The lowest BCUT2D eigenvalue weighted by molar-refractivity contribution is -0.127. The monoisotopic (exact) mass is 169 g/mol. The molecule has 0 aromatic heterocycles. The number of nitrogens with zero attached hydrogens (tertiary/aromatic N) is 4. The van der Waals surface area contributed by atoms with E-state index in [-0.39, 0.29) is 11.9 Å². The molecule has 12 heavy (non-hydrogen) atoms. The molecule has 2 N–H and O–H groups in total. The molecule has 1 aliphatic heterocycles. The van der Waals surface area contributed by atoms with Gasteiger partial charge in [-0.05, 0) is 12.0 Å². The van der Waals surface area contributed by atoms with Gasteiger partial charge in [0.05, 0.1) is 6.04 Å². The summed E-state index contributed by atoms with van der Waals surface area (Å²) in [4.78, 5) is 15.2. The molecule has 0 spiro atoms. The highest BCUT2D eigenvalue weighted by Gasteiger charge is 2.31. The number of carbonyl (C=O) groups is 1. The largest absolute Gasteiger partial charge is 0.368 e. The minimum atomic E-state index is -0.290. The Balaban J connectivity index is 2.25. The first-order chi connectivity index (χ1) is 5.75. The maximum atomic E-state index is 10.7. The van der Waals surface area contributed by atoms with Gasteiger partial charge in [0.2, 0.25) is 5.91 Å². The van der Waals surface area contributed by atoms with E-state index in [1.54, 1.807) is 0 Å². The number of azide groups is 1. The average molecular weight is 169 g/mol. The van der Waals surface area contributed by atoms with Crippen LogP contribution in [0.3, 0.4) is 0 Å². The van der Waals surface area contributed by atoms with E-state index in [2.05, 4.69) is 10.0 Å². The Kier molecular flexibility index (Phi) is 2.90. The van der Waals surface area contributed by atoms with Gasteiger partial charge in [-0.3, -0.25) is 9.69 Å². The van der Waals surface area contributed by atoms with Crippen LogP contribution < -0.4 is 5.73 Å². The Morgan fingerprint density at radius 3 is 3.00 bits per heavy atom. The van der Waals surface area contributed by atoms with Crippen LogP contribution in [0, 0.1) is 0 Å². The van der Waals surface area contributed by atoms with Crippen molar-refractivity contribution in [2.24, 2.45) is 10.8 Å². The Hall–Kier alpha value is -1.26. The topological polar surface area (TPSA) is 95.1 Å². The minimum Gasteiger partial charge on any atom is -0.368 e. The summed E-state index contributed by atoms with van der Waals surface area (Å²) < 4.78 is 0. The Morgan fingerprint density at radius 2 is 2.58 bits per heavy atom. The number of amides is 1. The fraction of sp³-hybridized carbons (Fsp3) is 0.833. The van der Waals surface area contributed by atoms with Crippen LogP contribution in [-0.4, -0.2) is 36.5 Å². The highest BCUT2D eigenvalue weighted by Crippen LogP contribution is 2.15. The van der Waals surface area contributed by atoms with Crippen LogP contribution in [0.4, 0.5) is 0 Å². The molecule has 0 saturated carbocycles.